The van der Waals surface area contributed by atoms with E-state index >= 15 is 0 Å². The molecule has 22 heavy (non-hydrogen) atoms. The van der Waals surface area contributed by atoms with Crippen LogP contribution in [-0.4, -0.2) is 30.6 Å². The van der Waals surface area contributed by atoms with Crippen molar-refractivity contribution in [3.8, 4) is 0 Å². The van der Waals surface area contributed by atoms with E-state index in [1.54, 1.807) is 6.08 Å². The van der Waals surface area contributed by atoms with Gasteiger partial charge in [-0.25, -0.2) is 4.79 Å². The summed E-state index contributed by atoms with van der Waals surface area (Å²) in [6.45, 7) is 6.86. The minimum absolute atomic E-state index is 0.218. The Morgan fingerprint density at radius 3 is 2.64 bits per heavy atom. The number of carbonyl (C=O) groups is 1. The van der Waals surface area contributed by atoms with Gasteiger partial charge in [0.15, 0.2) is 0 Å². The summed E-state index contributed by atoms with van der Waals surface area (Å²) in [7, 11) is 0. The van der Waals surface area contributed by atoms with Crippen LogP contribution in [0.2, 0.25) is 0 Å². The Balaban J connectivity index is 2.33. The number of alkyl halides is 2. The van der Waals surface area contributed by atoms with Crippen LogP contribution in [0.1, 0.15) is 18.1 Å². The summed E-state index contributed by atoms with van der Waals surface area (Å²) >= 11 is 9.10. The Labute approximate surface area is 145 Å². The fraction of sp³-hybridized carbons (Fsp3) is 0.353. The third-order valence-electron chi connectivity index (χ3n) is 2.68. The van der Waals surface area contributed by atoms with E-state index in [9.17, 15) is 4.79 Å². The number of carbonyl (C=O) groups excluding carboxylic acids is 1. The largest absolute Gasteiger partial charge is 0.460 e. The van der Waals surface area contributed by atoms with Gasteiger partial charge in [-0.3, -0.25) is 0 Å². The lowest BCUT2D eigenvalue weighted by molar-refractivity contribution is -0.140. The van der Waals surface area contributed by atoms with E-state index in [1.165, 1.54) is 0 Å². The van der Waals surface area contributed by atoms with Crippen LogP contribution in [0, 0.1) is 0 Å². The van der Waals surface area contributed by atoms with Gasteiger partial charge in [0, 0.05) is 10.7 Å². The SMILES string of the molecule is C=C(C=Cc1ccc(CCl)cc1)C(=O)OCCOCC(C)Br. The second-order valence-electron chi connectivity index (χ2n) is 4.73. The molecule has 0 bridgehead atoms. The molecule has 0 saturated carbocycles. The van der Waals surface area contributed by atoms with Crippen molar-refractivity contribution in [3.05, 3.63) is 53.6 Å². The molecule has 0 radical (unpaired) electrons. The normalized spacial score (nSPS) is 12.3. The summed E-state index contributed by atoms with van der Waals surface area (Å²) in [5.74, 6) is 0.0444. The molecule has 0 aliphatic carbocycles. The molecule has 1 aromatic rings. The first-order chi connectivity index (χ1) is 10.5. The van der Waals surface area contributed by atoms with E-state index in [2.05, 4.69) is 22.5 Å². The van der Waals surface area contributed by atoms with Crippen molar-refractivity contribution in [1.82, 2.24) is 0 Å². The third-order valence-corrected chi connectivity index (χ3v) is 3.25. The zero-order valence-electron chi connectivity index (χ0n) is 12.6. The van der Waals surface area contributed by atoms with Crippen LogP contribution in [0.3, 0.4) is 0 Å². The smallest absolute Gasteiger partial charge is 0.337 e. The number of halogens is 2. The molecule has 0 aliphatic rings. The summed E-state index contributed by atoms with van der Waals surface area (Å²) in [5.41, 5.74) is 2.32. The minimum atomic E-state index is -0.441. The standard InChI is InChI=1S/C17H20BrClO3/c1-13(17(20)22-10-9-21-12-14(2)18)3-4-15-5-7-16(11-19)8-6-15/h3-8,14H,1,9-12H2,2H3. The summed E-state index contributed by atoms with van der Waals surface area (Å²) in [6, 6.07) is 7.75. The van der Waals surface area contributed by atoms with E-state index in [0.29, 0.717) is 24.7 Å². The molecule has 120 valence electrons. The number of hydrogen-bond donors (Lipinski definition) is 0. The van der Waals surface area contributed by atoms with E-state index in [-0.39, 0.29) is 11.4 Å². The average Bonchev–Trinajstić information content (AvgIpc) is 2.52. The molecule has 0 amide bonds. The maximum Gasteiger partial charge on any atom is 0.337 e. The lowest BCUT2D eigenvalue weighted by Gasteiger charge is -2.07. The summed E-state index contributed by atoms with van der Waals surface area (Å²) in [6.07, 6.45) is 3.45. The monoisotopic (exact) mass is 386 g/mol. The molecule has 0 spiro atoms. The van der Waals surface area contributed by atoms with Crippen LogP contribution < -0.4 is 0 Å². The summed E-state index contributed by atoms with van der Waals surface area (Å²) in [5, 5.41) is 0. The van der Waals surface area contributed by atoms with E-state index in [1.807, 2.05) is 37.3 Å². The Kier molecular flexibility index (Phi) is 9.13. The highest BCUT2D eigenvalue weighted by molar-refractivity contribution is 9.09. The maximum absolute atomic E-state index is 11.7. The lowest BCUT2D eigenvalue weighted by Crippen LogP contribution is -2.13. The van der Waals surface area contributed by atoms with Gasteiger partial charge in [-0.2, -0.15) is 0 Å². The minimum Gasteiger partial charge on any atom is -0.460 e. The number of rotatable bonds is 9. The van der Waals surface area contributed by atoms with E-state index in [0.717, 1.165) is 11.1 Å². The van der Waals surface area contributed by atoms with Gasteiger partial charge < -0.3 is 9.47 Å². The Bertz CT molecular complexity index is 509. The van der Waals surface area contributed by atoms with Crippen LogP contribution in [0.15, 0.2) is 42.5 Å². The first-order valence-corrected chi connectivity index (χ1v) is 8.38. The second-order valence-corrected chi connectivity index (χ2v) is 6.56. The summed E-state index contributed by atoms with van der Waals surface area (Å²) < 4.78 is 10.4. The molecule has 0 saturated heterocycles. The molecule has 0 aliphatic heterocycles. The van der Waals surface area contributed by atoms with Gasteiger partial charge in [-0.05, 0) is 17.2 Å². The zero-order chi connectivity index (χ0) is 16.4. The predicted octanol–water partition coefficient (Wildman–Crippen LogP) is 4.34. The molecule has 3 nitrogen and oxygen atoms in total. The molecule has 5 heteroatoms. The molecule has 1 atom stereocenters. The van der Waals surface area contributed by atoms with Crippen molar-refractivity contribution < 1.29 is 14.3 Å². The van der Waals surface area contributed by atoms with Crippen LogP contribution in [-0.2, 0) is 20.1 Å². The van der Waals surface area contributed by atoms with Crippen LogP contribution in [0.25, 0.3) is 6.08 Å². The Morgan fingerprint density at radius 1 is 1.36 bits per heavy atom. The first kappa shape index (κ1) is 18.9. The first-order valence-electron chi connectivity index (χ1n) is 6.93. The fourth-order valence-electron chi connectivity index (χ4n) is 1.51. The van der Waals surface area contributed by atoms with Gasteiger partial charge in [0.05, 0.1) is 18.8 Å². The quantitative estimate of drug-likeness (QED) is 0.208. The topological polar surface area (TPSA) is 35.5 Å². The number of hydrogen-bond acceptors (Lipinski definition) is 3. The van der Waals surface area contributed by atoms with Gasteiger partial charge in [0.2, 0.25) is 0 Å². The molecular weight excluding hydrogens is 368 g/mol. The van der Waals surface area contributed by atoms with Gasteiger partial charge >= 0.3 is 5.97 Å². The molecule has 0 fully saturated rings. The Hall–Kier alpha value is -1.10. The molecular formula is C17H20BrClO3. The van der Waals surface area contributed by atoms with Crippen molar-refractivity contribution in [3.63, 3.8) is 0 Å². The zero-order valence-corrected chi connectivity index (χ0v) is 14.9. The highest BCUT2D eigenvalue weighted by Gasteiger charge is 2.05. The molecule has 0 aromatic heterocycles. The molecule has 1 unspecified atom stereocenters. The molecule has 0 N–H and O–H groups in total. The summed E-state index contributed by atoms with van der Waals surface area (Å²) in [4.78, 5) is 12.0. The number of esters is 1. The van der Waals surface area contributed by atoms with Crippen LogP contribution in [0.4, 0.5) is 0 Å². The van der Waals surface area contributed by atoms with Crippen molar-refractivity contribution in [1.29, 1.82) is 0 Å². The molecule has 1 aromatic carbocycles. The van der Waals surface area contributed by atoms with Gasteiger partial charge in [-0.15, -0.1) is 11.6 Å². The second kappa shape index (κ2) is 10.6. The fourth-order valence-corrected chi connectivity index (χ4v) is 1.88. The van der Waals surface area contributed by atoms with Crippen molar-refractivity contribution in [2.24, 2.45) is 0 Å². The van der Waals surface area contributed by atoms with E-state index in [4.69, 9.17) is 21.1 Å². The molecule has 1 rings (SSSR count). The van der Waals surface area contributed by atoms with Crippen LogP contribution >= 0.6 is 27.5 Å². The highest BCUT2D eigenvalue weighted by Crippen LogP contribution is 2.10. The van der Waals surface area contributed by atoms with Gasteiger partial charge in [0.25, 0.3) is 0 Å². The van der Waals surface area contributed by atoms with Crippen molar-refractivity contribution >= 4 is 39.6 Å². The maximum atomic E-state index is 11.7. The number of ether oxygens (including phenoxy) is 2. The van der Waals surface area contributed by atoms with Crippen molar-refractivity contribution in [2.75, 3.05) is 19.8 Å². The Morgan fingerprint density at radius 2 is 2.05 bits per heavy atom. The lowest BCUT2D eigenvalue weighted by atomic mass is 10.1. The molecule has 0 heterocycles. The predicted molar refractivity (Wildman–Crippen MR) is 94.3 cm³/mol. The van der Waals surface area contributed by atoms with E-state index < -0.39 is 5.97 Å². The van der Waals surface area contributed by atoms with Gasteiger partial charge in [-0.1, -0.05) is 59.8 Å². The number of benzene rings is 1. The van der Waals surface area contributed by atoms with Crippen molar-refractivity contribution in [2.45, 2.75) is 17.6 Å². The highest BCUT2D eigenvalue weighted by atomic mass is 79.9. The third kappa shape index (κ3) is 7.78. The van der Waals surface area contributed by atoms with Gasteiger partial charge in [0.1, 0.15) is 6.61 Å². The van der Waals surface area contributed by atoms with Crippen LogP contribution in [0.5, 0.6) is 0 Å². The average molecular weight is 388 g/mol.